The van der Waals surface area contributed by atoms with E-state index in [1.54, 1.807) is 0 Å². The van der Waals surface area contributed by atoms with Gasteiger partial charge in [0.15, 0.2) is 12.1 Å². The predicted molar refractivity (Wildman–Crippen MR) is 62.5 cm³/mol. The van der Waals surface area contributed by atoms with Gasteiger partial charge in [0.05, 0.1) is 5.56 Å². The first-order valence-corrected chi connectivity index (χ1v) is 6.00. The third-order valence-corrected chi connectivity index (χ3v) is 3.84. The average molecular weight is 206 g/mol. The highest BCUT2D eigenvalue weighted by Gasteiger charge is 2.19. The molecule has 0 N–H and O–H groups in total. The van der Waals surface area contributed by atoms with Gasteiger partial charge in [0.25, 0.3) is 0 Å². The van der Waals surface area contributed by atoms with Gasteiger partial charge >= 0.3 is 0 Å². The van der Waals surface area contributed by atoms with Crippen molar-refractivity contribution in [3.05, 3.63) is 29.3 Å². The van der Waals surface area contributed by atoms with Crippen LogP contribution in [0.5, 0.6) is 0 Å². The van der Waals surface area contributed by atoms with Crippen LogP contribution in [0.3, 0.4) is 0 Å². The summed E-state index contributed by atoms with van der Waals surface area (Å²) in [6, 6.07) is 7.11. The second-order valence-corrected chi connectivity index (χ2v) is 4.96. The molecule has 0 atom stereocenters. The second-order valence-electron chi connectivity index (χ2n) is 4.00. The van der Waals surface area contributed by atoms with Crippen molar-refractivity contribution in [1.82, 2.24) is 0 Å². The molecule has 0 bridgehead atoms. The Hall–Kier alpha value is -0.760. The average Bonchev–Trinajstić information content (AvgIpc) is 2.17. The first-order valence-electron chi connectivity index (χ1n) is 5.01. The Morgan fingerprint density at radius 3 is 2.86 bits per heavy atom. The Kier molecular flexibility index (Phi) is 2.64. The molecule has 14 heavy (non-hydrogen) atoms. The number of aryl methyl sites for hydroxylation is 1. The van der Waals surface area contributed by atoms with E-state index in [0.29, 0.717) is 6.04 Å². The summed E-state index contributed by atoms with van der Waals surface area (Å²) >= 11 is 1.95. The van der Waals surface area contributed by atoms with Gasteiger partial charge in [-0.1, -0.05) is 23.9 Å². The van der Waals surface area contributed by atoms with Gasteiger partial charge in [-0.25, -0.2) is 4.58 Å². The van der Waals surface area contributed by atoms with Crippen LogP contribution in [0.15, 0.2) is 23.1 Å². The Morgan fingerprint density at radius 1 is 1.36 bits per heavy atom. The van der Waals surface area contributed by atoms with Gasteiger partial charge in [-0.3, -0.25) is 0 Å². The summed E-state index contributed by atoms with van der Waals surface area (Å²) in [5.41, 5.74) is 2.77. The van der Waals surface area contributed by atoms with Crippen LogP contribution < -0.4 is 0 Å². The molecule has 1 aromatic rings. The van der Waals surface area contributed by atoms with Crippen LogP contribution in [0.25, 0.3) is 0 Å². The third kappa shape index (κ3) is 1.71. The van der Waals surface area contributed by atoms with Crippen LogP contribution in [0, 0.1) is 6.92 Å². The molecule has 0 unspecified atom stereocenters. The molecular weight excluding hydrogens is 190 g/mol. The van der Waals surface area contributed by atoms with E-state index in [-0.39, 0.29) is 0 Å². The molecule has 0 aliphatic carbocycles. The minimum absolute atomic E-state index is 0.594. The van der Waals surface area contributed by atoms with Crippen LogP contribution >= 0.6 is 11.8 Å². The molecule has 0 fully saturated rings. The monoisotopic (exact) mass is 206 g/mol. The van der Waals surface area contributed by atoms with Gasteiger partial charge in [0.1, 0.15) is 6.04 Å². The van der Waals surface area contributed by atoms with Crippen molar-refractivity contribution in [1.29, 1.82) is 0 Å². The zero-order valence-corrected chi connectivity index (χ0v) is 9.77. The Morgan fingerprint density at radius 2 is 2.14 bits per heavy atom. The Labute approximate surface area is 89.8 Å². The number of thioether (sulfide) groups is 1. The van der Waals surface area contributed by atoms with E-state index in [1.807, 2.05) is 11.8 Å². The zero-order valence-electron chi connectivity index (χ0n) is 8.95. The maximum Gasteiger partial charge on any atom is 0.193 e. The molecule has 0 saturated heterocycles. The van der Waals surface area contributed by atoms with Crippen molar-refractivity contribution < 1.29 is 4.58 Å². The van der Waals surface area contributed by atoms with Crippen molar-refractivity contribution in [2.24, 2.45) is 0 Å². The van der Waals surface area contributed by atoms with Gasteiger partial charge in [-0.15, -0.1) is 0 Å². The molecule has 1 aliphatic rings. The van der Waals surface area contributed by atoms with Gasteiger partial charge in [0, 0.05) is 4.90 Å². The van der Waals surface area contributed by atoms with Crippen LogP contribution in [0.2, 0.25) is 0 Å². The van der Waals surface area contributed by atoms with Crippen LogP contribution in [0.1, 0.15) is 25.0 Å². The maximum absolute atomic E-state index is 2.38. The number of hydrogen-bond acceptors (Lipinski definition) is 1. The minimum atomic E-state index is 0.594. The molecule has 0 spiro atoms. The Bertz CT molecular complexity index is 380. The van der Waals surface area contributed by atoms with Gasteiger partial charge < -0.3 is 0 Å². The molecule has 1 nitrogen and oxygen atoms in total. The van der Waals surface area contributed by atoms with E-state index in [0.717, 1.165) is 5.88 Å². The summed E-state index contributed by atoms with van der Waals surface area (Å²) in [5, 5.41) is 0. The lowest BCUT2D eigenvalue weighted by molar-refractivity contribution is -0.535. The predicted octanol–water partition coefficient (Wildman–Crippen LogP) is 2.90. The summed E-state index contributed by atoms with van der Waals surface area (Å²) in [7, 11) is 0. The molecule has 2 heteroatoms. The zero-order chi connectivity index (χ0) is 10.1. The van der Waals surface area contributed by atoms with E-state index in [9.17, 15) is 0 Å². The SMILES string of the molecule is Cc1cccc2c1SC[N+](C(C)C)=C2. The molecular formula is C12H16NS+. The molecule has 0 aromatic heterocycles. The molecule has 0 radical (unpaired) electrons. The van der Waals surface area contributed by atoms with E-state index >= 15 is 0 Å². The van der Waals surface area contributed by atoms with Crippen LogP contribution in [-0.4, -0.2) is 22.7 Å². The molecule has 0 saturated carbocycles. The standard InChI is InChI=1S/C12H16NS/c1-9(2)13-7-11-6-4-5-10(3)12(11)14-8-13/h4-7,9H,8H2,1-3H3/q+1. The Balaban J connectivity index is 2.45. The fraction of sp³-hybridized carbons (Fsp3) is 0.417. The van der Waals surface area contributed by atoms with Crippen LogP contribution in [-0.2, 0) is 0 Å². The van der Waals surface area contributed by atoms with Crippen molar-refractivity contribution in [2.45, 2.75) is 31.7 Å². The van der Waals surface area contributed by atoms with Crippen molar-refractivity contribution >= 4 is 18.0 Å². The van der Waals surface area contributed by atoms with Crippen LogP contribution in [0.4, 0.5) is 0 Å². The highest BCUT2D eigenvalue weighted by molar-refractivity contribution is 7.99. The van der Waals surface area contributed by atoms with Crippen molar-refractivity contribution in [3.63, 3.8) is 0 Å². The van der Waals surface area contributed by atoms with Gasteiger partial charge in [-0.2, -0.15) is 0 Å². The summed E-state index contributed by atoms with van der Waals surface area (Å²) in [5.74, 6) is 1.08. The summed E-state index contributed by atoms with van der Waals surface area (Å²) < 4.78 is 2.38. The molecule has 1 aromatic carbocycles. The number of fused-ring (bicyclic) bond motifs is 1. The lowest BCUT2D eigenvalue weighted by Crippen LogP contribution is -2.24. The number of benzene rings is 1. The summed E-state index contributed by atoms with van der Waals surface area (Å²) in [4.78, 5) is 1.45. The number of hydrogen-bond donors (Lipinski definition) is 0. The lowest BCUT2D eigenvalue weighted by Gasteiger charge is -2.15. The lowest BCUT2D eigenvalue weighted by atomic mass is 10.1. The van der Waals surface area contributed by atoms with Gasteiger partial charge in [0.2, 0.25) is 0 Å². The van der Waals surface area contributed by atoms with Crippen molar-refractivity contribution in [3.8, 4) is 0 Å². The number of rotatable bonds is 1. The quantitative estimate of drug-likeness (QED) is 0.638. The number of nitrogens with zero attached hydrogens (tertiary/aromatic N) is 1. The van der Waals surface area contributed by atoms with E-state index in [4.69, 9.17) is 0 Å². The smallest absolute Gasteiger partial charge is 0.193 e. The minimum Gasteiger partial charge on any atom is -0.223 e. The largest absolute Gasteiger partial charge is 0.223 e. The topological polar surface area (TPSA) is 3.01 Å². The summed E-state index contributed by atoms with van der Waals surface area (Å²) in [6.45, 7) is 6.65. The molecule has 2 rings (SSSR count). The highest BCUT2D eigenvalue weighted by atomic mass is 32.2. The fourth-order valence-electron chi connectivity index (χ4n) is 1.63. The normalized spacial score (nSPS) is 15.3. The van der Waals surface area contributed by atoms with E-state index in [2.05, 4.69) is 49.8 Å². The molecule has 74 valence electrons. The van der Waals surface area contributed by atoms with Crippen molar-refractivity contribution in [2.75, 3.05) is 5.88 Å². The maximum atomic E-state index is 2.38. The highest BCUT2D eigenvalue weighted by Crippen LogP contribution is 2.28. The fourth-order valence-corrected chi connectivity index (χ4v) is 2.86. The molecule has 0 amide bonds. The van der Waals surface area contributed by atoms with E-state index in [1.165, 1.54) is 16.0 Å². The second kappa shape index (κ2) is 3.77. The first kappa shape index (κ1) is 9.78. The molecule has 1 heterocycles. The summed E-state index contributed by atoms with van der Waals surface area (Å²) in [6.07, 6.45) is 2.28. The first-order chi connectivity index (χ1) is 6.68. The third-order valence-electron chi connectivity index (χ3n) is 2.57. The van der Waals surface area contributed by atoms with Gasteiger partial charge in [-0.05, 0) is 32.4 Å². The molecule has 1 aliphatic heterocycles. The van der Waals surface area contributed by atoms with E-state index < -0.39 is 0 Å².